The fraction of sp³-hybridized carbons (Fsp3) is 0.312. The molecule has 0 amide bonds. The SMILES string of the molecule is Cc1cc(CN)cc(Oc2c(C)ccc(C)c2C)n1. The fourth-order valence-electron chi connectivity index (χ4n) is 2.06. The summed E-state index contributed by atoms with van der Waals surface area (Å²) < 4.78 is 5.98. The highest BCUT2D eigenvalue weighted by molar-refractivity contribution is 5.46. The number of rotatable bonds is 3. The summed E-state index contributed by atoms with van der Waals surface area (Å²) in [7, 11) is 0. The van der Waals surface area contributed by atoms with Gasteiger partial charge in [0.05, 0.1) is 0 Å². The third-order valence-corrected chi connectivity index (χ3v) is 3.31. The summed E-state index contributed by atoms with van der Waals surface area (Å²) in [6, 6.07) is 8.04. The summed E-state index contributed by atoms with van der Waals surface area (Å²) in [5.41, 5.74) is 11.1. The summed E-state index contributed by atoms with van der Waals surface area (Å²) in [4.78, 5) is 4.41. The van der Waals surface area contributed by atoms with Gasteiger partial charge in [0.15, 0.2) is 0 Å². The Morgan fingerprint density at radius 3 is 2.42 bits per heavy atom. The van der Waals surface area contributed by atoms with E-state index in [1.807, 2.05) is 26.0 Å². The molecule has 0 saturated carbocycles. The smallest absolute Gasteiger partial charge is 0.219 e. The maximum absolute atomic E-state index is 5.98. The molecular weight excluding hydrogens is 236 g/mol. The third-order valence-electron chi connectivity index (χ3n) is 3.31. The minimum absolute atomic E-state index is 0.492. The van der Waals surface area contributed by atoms with Gasteiger partial charge in [-0.1, -0.05) is 12.1 Å². The van der Waals surface area contributed by atoms with Crippen LogP contribution in [0.15, 0.2) is 24.3 Å². The van der Waals surface area contributed by atoms with Crippen LogP contribution >= 0.6 is 0 Å². The molecule has 0 atom stereocenters. The van der Waals surface area contributed by atoms with Gasteiger partial charge < -0.3 is 10.5 Å². The predicted molar refractivity (Wildman–Crippen MR) is 77.6 cm³/mol. The maximum Gasteiger partial charge on any atom is 0.219 e. The Kier molecular flexibility index (Phi) is 3.86. The largest absolute Gasteiger partial charge is 0.438 e. The Hall–Kier alpha value is -1.87. The molecule has 0 bridgehead atoms. The minimum Gasteiger partial charge on any atom is -0.438 e. The van der Waals surface area contributed by atoms with Crippen molar-refractivity contribution in [3.05, 3.63) is 52.2 Å². The number of hydrogen-bond donors (Lipinski definition) is 1. The van der Waals surface area contributed by atoms with Gasteiger partial charge in [0.1, 0.15) is 5.75 Å². The molecule has 0 radical (unpaired) electrons. The Balaban J connectivity index is 2.41. The lowest BCUT2D eigenvalue weighted by Crippen LogP contribution is -2.01. The van der Waals surface area contributed by atoms with E-state index >= 15 is 0 Å². The first-order chi connectivity index (χ1) is 9.01. The third kappa shape index (κ3) is 2.93. The molecule has 0 unspecified atom stereocenters. The molecule has 3 heteroatoms. The topological polar surface area (TPSA) is 48.1 Å². The molecule has 1 aromatic carbocycles. The van der Waals surface area contributed by atoms with Crippen LogP contribution in [0.3, 0.4) is 0 Å². The molecule has 3 nitrogen and oxygen atoms in total. The van der Waals surface area contributed by atoms with Crippen LogP contribution in [-0.4, -0.2) is 4.98 Å². The van der Waals surface area contributed by atoms with Crippen LogP contribution in [0.5, 0.6) is 11.6 Å². The first-order valence-corrected chi connectivity index (χ1v) is 6.43. The van der Waals surface area contributed by atoms with Crippen LogP contribution in [0, 0.1) is 27.7 Å². The van der Waals surface area contributed by atoms with Crippen molar-refractivity contribution in [2.75, 3.05) is 0 Å². The van der Waals surface area contributed by atoms with Gasteiger partial charge in [-0.05, 0) is 56.0 Å². The number of benzene rings is 1. The highest BCUT2D eigenvalue weighted by atomic mass is 16.5. The zero-order chi connectivity index (χ0) is 14.0. The maximum atomic E-state index is 5.98. The molecule has 100 valence electrons. The molecule has 2 rings (SSSR count). The number of pyridine rings is 1. The number of nitrogens with two attached hydrogens (primary N) is 1. The molecule has 1 heterocycles. The van der Waals surface area contributed by atoms with E-state index < -0.39 is 0 Å². The second-order valence-corrected chi connectivity index (χ2v) is 4.91. The van der Waals surface area contributed by atoms with Gasteiger partial charge in [0, 0.05) is 18.3 Å². The van der Waals surface area contributed by atoms with Crippen molar-refractivity contribution in [3.63, 3.8) is 0 Å². The predicted octanol–water partition coefficient (Wildman–Crippen LogP) is 3.57. The summed E-state index contributed by atoms with van der Waals surface area (Å²) in [6.45, 7) is 8.63. The summed E-state index contributed by atoms with van der Waals surface area (Å²) in [5, 5.41) is 0. The van der Waals surface area contributed by atoms with Crippen molar-refractivity contribution in [1.29, 1.82) is 0 Å². The fourth-order valence-corrected chi connectivity index (χ4v) is 2.06. The first-order valence-electron chi connectivity index (χ1n) is 6.43. The highest BCUT2D eigenvalue weighted by Crippen LogP contribution is 2.30. The molecule has 0 aliphatic heterocycles. The highest BCUT2D eigenvalue weighted by Gasteiger charge is 2.09. The van der Waals surface area contributed by atoms with Gasteiger partial charge in [-0.25, -0.2) is 4.98 Å². The van der Waals surface area contributed by atoms with E-state index in [0.717, 1.165) is 28.1 Å². The molecule has 1 aromatic heterocycles. The van der Waals surface area contributed by atoms with Crippen molar-refractivity contribution < 1.29 is 4.74 Å². The number of nitrogens with zero attached hydrogens (tertiary/aromatic N) is 1. The lowest BCUT2D eigenvalue weighted by Gasteiger charge is -2.14. The van der Waals surface area contributed by atoms with Crippen LogP contribution in [0.25, 0.3) is 0 Å². The summed E-state index contributed by atoms with van der Waals surface area (Å²) >= 11 is 0. The van der Waals surface area contributed by atoms with Crippen molar-refractivity contribution in [1.82, 2.24) is 4.98 Å². The van der Waals surface area contributed by atoms with Crippen LogP contribution in [0.4, 0.5) is 0 Å². The van der Waals surface area contributed by atoms with Crippen molar-refractivity contribution in [3.8, 4) is 11.6 Å². The van der Waals surface area contributed by atoms with E-state index in [0.29, 0.717) is 12.4 Å². The van der Waals surface area contributed by atoms with Crippen LogP contribution in [0.2, 0.25) is 0 Å². The van der Waals surface area contributed by atoms with Gasteiger partial charge >= 0.3 is 0 Å². The van der Waals surface area contributed by atoms with E-state index in [2.05, 4.69) is 31.0 Å². The van der Waals surface area contributed by atoms with Crippen LogP contribution in [-0.2, 0) is 6.54 Å². The summed E-state index contributed by atoms with van der Waals surface area (Å²) in [6.07, 6.45) is 0. The standard InChI is InChI=1S/C16H20N2O/c1-10-5-6-11(2)16(13(10)4)19-15-8-14(9-17)7-12(3)18-15/h5-8H,9,17H2,1-4H3. The average molecular weight is 256 g/mol. The van der Waals surface area contributed by atoms with Gasteiger partial charge in [0.25, 0.3) is 0 Å². The second kappa shape index (κ2) is 5.41. The van der Waals surface area contributed by atoms with Gasteiger partial charge in [0.2, 0.25) is 5.88 Å². The lowest BCUT2D eigenvalue weighted by molar-refractivity contribution is 0.453. The molecule has 0 fully saturated rings. The van der Waals surface area contributed by atoms with E-state index in [-0.39, 0.29) is 0 Å². The van der Waals surface area contributed by atoms with Crippen molar-refractivity contribution >= 4 is 0 Å². The van der Waals surface area contributed by atoms with Gasteiger partial charge in [-0.2, -0.15) is 0 Å². The van der Waals surface area contributed by atoms with Crippen LogP contribution < -0.4 is 10.5 Å². The zero-order valence-corrected chi connectivity index (χ0v) is 11.9. The van der Waals surface area contributed by atoms with E-state index in [1.54, 1.807) is 0 Å². The zero-order valence-electron chi connectivity index (χ0n) is 11.9. The molecule has 2 aromatic rings. The van der Waals surface area contributed by atoms with Gasteiger partial charge in [-0.15, -0.1) is 0 Å². The van der Waals surface area contributed by atoms with Crippen molar-refractivity contribution in [2.24, 2.45) is 5.73 Å². The Labute approximate surface area is 114 Å². The molecule has 0 aliphatic rings. The molecule has 0 aliphatic carbocycles. The normalized spacial score (nSPS) is 10.6. The number of aryl methyl sites for hydroxylation is 3. The average Bonchev–Trinajstić information content (AvgIpc) is 2.38. The van der Waals surface area contributed by atoms with E-state index in [9.17, 15) is 0 Å². The van der Waals surface area contributed by atoms with Crippen molar-refractivity contribution in [2.45, 2.75) is 34.2 Å². The van der Waals surface area contributed by atoms with E-state index in [4.69, 9.17) is 10.5 Å². The number of hydrogen-bond acceptors (Lipinski definition) is 3. The molecule has 2 N–H and O–H groups in total. The Bertz CT molecular complexity index is 606. The second-order valence-electron chi connectivity index (χ2n) is 4.91. The summed E-state index contributed by atoms with van der Waals surface area (Å²) in [5.74, 6) is 1.50. The first kappa shape index (κ1) is 13.6. The Morgan fingerprint density at radius 1 is 1.05 bits per heavy atom. The number of ether oxygens (including phenoxy) is 1. The molecule has 19 heavy (non-hydrogen) atoms. The Morgan fingerprint density at radius 2 is 1.74 bits per heavy atom. The van der Waals surface area contributed by atoms with Gasteiger partial charge in [-0.3, -0.25) is 0 Å². The monoisotopic (exact) mass is 256 g/mol. The molecule has 0 spiro atoms. The van der Waals surface area contributed by atoms with Crippen LogP contribution in [0.1, 0.15) is 27.9 Å². The molecular formula is C16H20N2O. The quantitative estimate of drug-likeness (QED) is 0.913. The number of aromatic nitrogens is 1. The lowest BCUT2D eigenvalue weighted by atomic mass is 10.1. The van der Waals surface area contributed by atoms with E-state index in [1.165, 1.54) is 5.56 Å². The minimum atomic E-state index is 0.492. The molecule has 0 saturated heterocycles.